The van der Waals surface area contributed by atoms with Crippen molar-refractivity contribution in [1.82, 2.24) is 14.9 Å². The molecule has 1 atom stereocenters. The zero-order valence-electron chi connectivity index (χ0n) is 11.7. The van der Waals surface area contributed by atoms with Crippen molar-refractivity contribution in [3.8, 4) is 0 Å². The minimum atomic E-state index is 0.222. The summed E-state index contributed by atoms with van der Waals surface area (Å²) in [5, 5.41) is 0. The van der Waals surface area contributed by atoms with E-state index >= 15 is 0 Å². The number of carbonyl (C=O) groups excluding carboxylic acids is 1. The number of hydrogen-bond acceptors (Lipinski definition) is 3. The molecular formula is C16H19N3O. The molecule has 0 bridgehead atoms. The summed E-state index contributed by atoms with van der Waals surface area (Å²) in [5.41, 5.74) is 2.74. The van der Waals surface area contributed by atoms with Crippen LogP contribution >= 0.6 is 0 Å². The summed E-state index contributed by atoms with van der Waals surface area (Å²) in [6, 6.07) is 5.87. The van der Waals surface area contributed by atoms with Gasteiger partial charge in [0.15, 0.2) is 0 Å². The van der Waals surface area contributed by atoms with Gasteiger partial charge in [-0.3, -0.25) is 14.8 Å². The second-order valence-corrected chi connectivity index (χ2v) is 5.64. The SMILES string of the molecule is CC1CCCN(C(=O)Cc2ccc3nccnc3c2)C1. The molecular weight excluding hydrogens is 250 g/mol. The third-order valence-electron chi connectivity index (χ3n) is 3.90. The van der Waals surface area contributed by atoms with Crippen LogP contribution in [0.25, 0.3) is 11.0 Å². The van der Waals surface area contributed by atoms with Crippen LogP contribution < -0.4 is 0 Å². The molecule has 20 heavy (non-hydrogen) atoms. The first kappa shape index (κ1) is 13.0. The fraction of sp³-hybridized carbons (Fsp3) is 0.438. The molecule has 2 heterocycles. The van der Waals surface area contributed by atoms with E-state index in [2.05, 4.69) is 16.9 Å². The van der Waals surface area contributed by atoms with Crippen molar-refractivity contribution in [3.63, 3.8) is 0 Å². The van der Waals surface area contributed by atoms with Crippen LogP contribution in [0.3, 0.4) is 0 Å². The van der Waals surface area contributed by atoms with Gasteiger partial charge in [-0.25, -0.2) is 0 Å². The number of benzene rings is 1. The molecule has 1 saturated heterocycles. The molecule has 3 rings (SSSR count). The largest absolute Gasteiger partial charge is 0.342 e. The Morgan fingerprint density at radius 2 is 2.10 bits per heavy atom. The van der Waals surface area contributed by atoms with Gasteiger partial charge in [0.2, 0.25) is 5.91 Å². The van der Waals surface area contributed by atoms with Gasteiger partial charge in [0, 0.05) is 25.5 Å². The third kappa shape index (κ3) is 2.79. The van der Waals surface area contributed by atoms with Crippen LogP contribution in [0.2, 0.25) is 0 Å². The first-order chi connectivity index (χ1) is 9.72. The van der Waals surface area contributed by atoms with Crippen LogP contribution in [0.5, 0.6) is 0 Å². The van der Waals surface area contributed by atoms with E-state index in [-0.39, 0.29) is 5.91 Å². The Hall–Kier alpha value is -1.97. The molecule has 0 saturated carbocycles. The molecule has 1 fully saturated rings. The highest BCUT2D eigenvalue weighted by molar-refractivity contribution is 5.81. The molecule has 0 radical (unpaired) electrons. The smallest absolute Gasteiger partial charge is 0.226 e. The summed E-state index contributed by atoms with van der Waals surface area (Å²) in [5.74, 6) is 0.843. The highest BCUT2D eigenvalue weighted by atomic mass is 16.2. The number of hydrogen-bond donors (Lipinski definition) is 0. The number of piperidine rings is 1. The van der Waals surface area contributed by atoms with E-state index in [1.165, 1.54) is 6.42 Å². The maximum atomic E-state index is 12.3. The van der Waals surface area contributed by atoms with Crippen molar-refractivity contribution in [3.05, 3.63) is 36.2 Å². The number of aromatic nitrogens is 2. The molecule has 4 heteroatoms. The molecule has 104 valence electrons. The second kappa shape index (κ2) is 5.57. The number of fused-ring (bicyclic) bond motifs is 1. The lowest BCUT2D eigenvalue weighted by molar-refractivity contribution is -0.132. The Labute approximate surface area is 118 Å². The average molecular weight is 269 g/mol. The van der Waals surface area contributed by atoms with Gasteiger partial charge < -0.3 is 4.90 Å². The van der Waals surface area contributed by atoms with Gasteiger partial charge in [0.25, 0.3) is 0 Å². The maximum Gasteiger partial charge on any atom is 0.226 e. The fourth-order valence-electron chi connectivity index (χ4n) is 2.82. The molecule has 0 spiro atoms. The van der Waals surface area contributed by atoms with E-state index in [1.807, 2.05) is 23.1 Å². The molecule has 1 aromatic heterocycles. The van der Waals surface area contributed by atoms with Gasteiger partial charge in [-0.1, -0.05) is 13.0 Å². The number of likely N-dealkylation sites (tertiary alicyclic amines) is 1. The highest BCUT2D eigenvalue weighted by Gasteiger charge is 2.20. The first-order valence-corrected chi connectivity index (χ1v) is 7.20. The standard InChI is InChI=1S/C16H19N3O/c1-12-3-2-8-19(11-12)16(20)10-13-4-5-14-15(9-13)18-7-6-17-14/h4-7,9,12H,2-3,8,10-11H2,1H3. The van der Waals surface area contributed by atoms with Crippen molar-refractivity contribution < 1.29 is 4.79 Å². The van der Waals surface area contributed by atoms with Crippen molar-refractivity contribution >= 4 is 16.9 Å². The summed E-state index contributed by atoms with van der Waals surface area (Å²) in [6.45, 7) is 4.01. The molecule has 0 N–H and O–H groups in total. The van der Waals surface area contributed by atoms with E-state index in [9.17, 15) is 4.79 Å². The summed E-state index contributed by atoms with van der Waals surface area (Å²) >= 11 is 0. The van der Waals surface area contributed by atoms with E-state index in [1.54, 1.807) is 12.4 Å². The molecule has 1 amide bonds. The molecule has 1 aliphatic heterocycles. The van der Waals surface area contributed by atoms with Gasteiger partial charge in [-0.05, 0) is 36.5 Å². The lowest BCUT2D eigenvalue weighted by atomic mass is 9.99. The predicted octanol–water partition coefficient (Wildman–Crippen LogP) is 2.43. The van der Waals surface area contributed by atoms with Gasteiger partial charge in [-0.15, -0.1) is 0 Å². The van der Waals surface area contributed by atoms with E-state index < -0.39 is 0 Å². The number of amides is 1. The lowest BCUT2D eigenvalue weighted by Crippen LogP contribution is -2.39. The van der Waals surface area contributed by atoms with Crippen LogP contribution in [0.15, 0.2) is 30.6 Å². The molecule has 0 aliphatic carbocycles. The van der Waals surface area contributed by atoms with Crippen LogP contribution in [-0.2, 0) is 11.2 Å². The molecule has 1 aliphatic rings. The second-order valence-electron chi connectivity index (χ2n) is 5.64. The van der Waals surface area contributed by atoms with Gasteiger partial charge >= 0.3 is 0 Å². The molecule has 1 unspecified atom stereocenters. The van der Waals surface area contributed by atoms with Crippen molar-refractivity contribution in [2.75, 3.05) is 13.1 Å². The summed E-state index contributed by atoms with van der Waals surface area (Å²) in [7, 11) is 0. The van der Waals surface area contributed by atoms with Gasteiger partial charge in [0.1, 0.15) is 0 Å². The topological polar surface area (TPSA) is 46.1 Å². The highest BCUT2D eigenvalue weighted by Crippen LogP contribution is 2.17. The maximum absolute atomic E-state index is 12.3. The number of rotatable bonds is 2. The van der Waals surface area contributed by atoms with Crippen LogP contribution in [0.1, 0.15) is 25.3 Å². The summed E-state index contributed by atoms with van der Waals surface area (Å²) < 4.78 is 0. The normalized spacial score (nSPS) is 19.2. The fourth-order valence-corrected chi connectivity index (χ4v) is 2.82. The molecule has 1 aromatic carbocycles. The summed E-state index contributed by atoms with van der Waals surface area (Å²) in [4.78, 5) is 22.9. The minimum absolute atomic E-state index is 0.222. The van der Waals surface area contributed by atoms with Crippen LogP contribution in [0.4, 0.5) is 0 Å². The average Bonchev–Trinajstić information content (AvgIpc) is 2.47. The minimum Gasteiger partial charge on any atom is -0.342 e. The lowest BCUT2D eigenvalue weighted by Gasteiger charge is -2.31. The zero-order chi connectivity index (χ0) is 13.9. The predicted molar refractivity (Wildman–Crippen MR) is 78.2 cm³/mol. The number of nitrogens with zero attached hydrogens (tertiary/aromatic N) is 3. The monoisotopic (exact) mass is 269 g/mol. The third-order valence-corrected chi connectivity index (χ3v) is 3.90. The van der Waals surface area contributed by atoms with Crippen LogP contribution in [0, 0.1) is 5.92 Å². The zero-order valence-corrected chi connectivity index (χ0v) is 11.7. The van der Waals surface area contributed by atoms with Crippen molar-refractivity contribution in [1.29, 1.82) is 0 Å². The number of carbonyl (C=O) groups is 1. The Bertz CT molecular complexity index is 626. The van der Waals surface area contributed by atoms with E-state index in [0.717, 1.165) is 36.1 Å². The molecule has 4 nitrogen and oxygen atoms in total. The Balaban J connectivity index is 1.73. The quantitative estimate of drug-likeness (QED) is 0.841. The van der Waals surface area contributed by atoms with E-state index in [0.29, 0.717) is 12.3 Å². The van der Waals surface area contributed by atoms with Crippen LogP contribution in [-0.4, -0.2) is 33.9 Å². The Morgan fingerprint density at radius 3 is 2.90 bits per heavy atom. The van der Waals surface area contributed by atoms with Crippen molar-refractivity contribution in [2.24, 2.45) is 5.92 Å². The van der Waals surface area contributed by atoms with Crippen molar-refractivity contribution in [2.45, 2.75) is 26.2 Å². The van der Waals surface area contributed by atoms with Gasteiger partial charge in [-0.2, -0.15) is 0 Å². The Kier molecular flexibility index (Phi) is 3.63. The summed E-state index contributed by atoms with van der Waals surface area (Å²) in [6.07, 6.45) is 6.17. The Morgan fingerprint density at radius 1 is 1.30 bits per heavy atom. The first-order valence-electron chi connectivity index (χ1n) is 7.20. The van der Waals surface area contributed by atoms with Gasteiger partial charge in [0.05, 0.1) is 17.5 Å². The van der Waals surface area contributed by atoms with E-state index in [4.69, 9.17) is 0 Å². The molecule has 2 aromatic rings.